The summed E-state index contributed by atoms with van der Waals surface area (Å²) in [6.45, 7) is 1.90. The van der Waals surface area contributed by atoms with E-state index >= 15 is 0 Å². The minimum Gasteiger partial charge on any atom is -0.497 e. The molecule has 1 aliphatic heterocycles. The van der Waals surface area contributed by atoms with Gasteiger partial charge < -0.3 is 20.1 Å². The maximum Gasteiger partial charge on any atom is 0.338 e. The molecule has 0 aliphatic carbocycles. The Balaban J connectivity index is 1.48. The van der Waals surface area contributed by atoms with Crippen molar-refractivity contribution in [2.75, 3.05) is 19.5 Å². The van der Waals surface area contributed by atoms with Crippen LogP contribution >= 0.6 is 11.8 Å². The van der Waals surface area contributed by atoms with Crippen LogP contribution in [0.2, 0.25) is 0 Å². The van der Waals surface area contributed by atoms with Crippen molar-refractivity contribution >= 4 is 34.8 Å². The van der Waals surface area contributed by atoms with Gasteiger partial charge in [0, 0.05) is 11.4 Å². The van der Waals surface area contributed by atoms with Crippen molar-refractivity contribution in [2.24, 2.45) is 0 Å². The summed E-state index contributed by atoms with van der Waals surface area (Å²) in [5, 5.41) is 11.3. The van der Waals surface area contributed by atoms with E-state index in [0.717, 1.165) is 0 Å². The molecule has 38 heavy (non-hydrogen) atoms. The van der Waals surface area contributed by atoms with Gasteiger partial charge in [-0.3, -0.25) is 0 Å². The van der Waals surface area contributed by atoms with E-state index in [9.17, 15) is 14.0 Å². The van der Waals surface area contributed by atoms with Crippen molar-refractivity contribution in [2.45, 2.75) is 18.0 Å². The minimum absolute atomic E-state index is 0.182. The molecule has 194 valence electrons. The average Bonchev–Trinajstić information content (AvgIpc) is 3.37. The van der Waals surface area contributed by atoms with Gasteiger partial charge >= 0.3 is 12.0 Å². The van der Waals surface area contributed by atoms with Crippen LogP contribution in [0.5, 0.6) is 5.75 Å². The van der Waals surface area contributed by atoms with Crippen LogP contribution in [0.15, 0.2) is 77.4 Å². The third kappa shape index (κ3) is 5.02. The molecule has 1 atom stereocenters. The van der Waals surface area contributed by atoms with Crippen LogP contribution in [-0.4, -0.2) is 51.2 Å². The van der Waals surface area contributed by atoms with Crippen molar-refractivity contribution in [3.63, 3.8) is 0 Å². The lowest BCUT2D eigenvalue weighted by Crippen LogP contribution is -2.46. The van der Waals surface area contributed by atoms with Crippen LogP contribution < -0.4 is 15.4 Å². The molecular weight excluding hydrogens is 511 g/mol. The number of rotatable bonds is 8. The quantitative estimate of drug-likeness (QED) is 0.198. The first-order valence-electron chi connectivity index (χ1n) is 11.7. The number of carbonyl (C=O) groups excluding carboxylic acids is 2. The molecule has 0 saturated heterocycles. The molecule has 5 rings (SSSR count). The Morgan fingerprint density at radius 3 is 2.61 bits per heavy atom. The first kappa shape index (κ1) is 25.2. The van der Waals surface area contributed by atoms with E-state index in [2.05, 4.69) is 25.7 Å². The second kappa shape index (κ2) is 10.9. The molecular formula is C26H23FN6O4S. The number of fused-ring (bicyclic) bond motifs is 1. The van der Waals surface area contributed by atoms with Crippen LogP contribution in [-0.2, 0) is 9.53 Å². The number of urea groups is 1. The highest BCUT2D eigenvalue weighted by Gasteiger charge is 2.34. The van der Waals surface area contributed by atoms with Gasteiger partial charge in [-0.05, 0) is 48.9 Å². The number of hydrogen-bond donors (Lipinski definition) is 2. The van der Waals surface area contributed by atoms with Crippen LogP contribution in [0.3, 0.4) is 0 Å². The topological polar surface area (TPSA) is 120 Å². The molecule has 12 heteroatoms. The number of thioether (sulfide) groups is 1. The van der Waals surface area contributed by atoms with Crippen molar-refractivity contribution in [1.29, 1.82) is 0 Å². The highest BCUT2D eigenvalue weighted by atomic mass is 32.2. The van der Waals surface area contributed by atoms with Gasteiger partial charge in [0.25, 0.3) is 0 Å². The summed E-state index contributed by atoms with van der Waals surface area (Å²) < 4.78 is 25.5. The van der Waals surface area contributed by atoms with Gasteiger partial charge in [0.1, 0.15) is 22.9 Å². The third-order valence-electron chi connectivity index (χ3n) is 5.85. The fourth-order valence-electron chi connectivity index (χ4n) is 4.08. The van der Waals surface area contributed by atoms with E-state index in [1.165, 1.54) is 30.2 Å². The molecule has 0 radical (unpaired) electrons. The predicted octanol–water partition coefficient (Wildman–Crippen LogP) is 3.93. The van der Waals surface area contributed by atoms with Crippen LogP contribution in [0.1, 0.15) is 18.5 Å². The van der Waals surface area contributed by atoms with Gasteiger partial charge in [0.15, 0.2) is 5.65 Å². The highest BCUT2D eigenvalue weighted by molar-refractivity contribution is 7.99. The van der Waals surface area contributed by atoms with Gasteiger partial charge in [-0.2, -0.15) is 5.10 Å². The molecule has 0 unspecified atom stereocenters. The number of ether oxygens (including phenoxy) is 2. The molecule has 0 fully saturated rings. The highest BCUT2D eigenvalue weighted by Crippen LogP contribution is 2.33. The Bertz CT molecular complexity index is 1520. The molecule has 0 bridgehead atoms. The van der Waals surface area contributed by atoms with Gasteiger partial charge in [0.05, 0.1) is 42.6 Å². The lowest BCUT2D eigenvalue weighted by atomic mass is 9.95. The number of halogens is 1. The third-order valence-corrected chi connectivity index (χ3v) is 6.88. The number of methoxy groups -OCH3 is 1. The molecule has 2 aromatic heterocycles. The Kier molecular flexibility index (Phi) is 7.22. The predicted molar refractivity (Wildman–Crippen MR) is 138 cm³/mol. The zero-order chi connectivity index (χ0) is 26.6. The molecule has 4 aromatic rings. The fraction of sp³-hybridized carbons (Fsp3) is 0.192. The Hall–Kier alpha value is -4.45. The zero-order valence-corrected chi connectivity index (χ0v) is 21.3. The molecule has 0 saturated carbocycles. The summed E-state index contributed by atoms with van der Waals surface area (Å²) in [5.41, 5.74) is 2.61. The average molecular weight is 535 g/mol. The van der Waals surface area contributed by atoms with Gasteiger partial charge in [-0.1, -0.05) is 23.9 Å². The Morgan fingerprint density at radius 2 is 1.89 bits per heavy atom. The molecule has 1 aliphatic rings. The van der Waals surface area contributed by atoms with E-state index in [4.69, 9.17) is 9.47 Å². The number of nitrogens with zero attached hydrogens (tertiary/aromatic N) is 4. The number of benzene rings is 2. The lowest BCUT2D eigenvalue weighted by Gasteiger charge is -2.29. The van der Waals surface area contributed by atoms with Crippen LogP contribution in [0.25, 0.3) is 16.7 Å². The van der Waals surface area contributed by atoms with E-state index in [0.29, 0.717) is 44.3 Å². The second-order valence-electron chi connectivity index (χ2n) is 8.15. The number of esters is 1. The molecule has 2 aromatic carbocycles. The normalized spacial score (nSPS) is 15.2. The summed E-state index contributed by atoms with van der Waals surface area (Å²) in [6, 6.07) is 11.9. The lowest BCUT2D eigenvalue weighted by molar-refractivity contribution is -0.139. The van der Waals surface area contributed by atoms with E-state index in [1.54, 1.807) is 61.3 Å². The molecule has 0 spiro atoms. The van der Waals surface area contributed by atoms with Crippen molar-refractivity contribution < 1.29 is 23.5 Å². The number of amides is 2. The maximum absolute atomic E-state index is 13.4. The number of carbonyl (C=O) groups is 2. The fourth-order valence-corrected chi connectivity index (χ4v) is 5.01. The smallest absolute Gasteiger partial charge is 0.338 e. The SMILES string of the molecule is CCOC(=O)C1=C(CSc2ncnc3c2cnn3-c2ccc(F)cc2)NC(=O)N[C@H]1c1ccc(OC)cc1. The minimum atomic E-state index is -0.712. The van der Waals surface area contributed by atoms with Crippen molar-refractivity contribution in [3.05, 3.63) is 83.7 Å². The molecule has 2 amide bonds. The van der Waals surface area contributed by atoms with E-state index in [1.807, 2.05) is 0 Å². The summed E-state index contributed by atoms with van der Waals surface area (Å²) >= 11 is 1.32. The molecule has 3 heterocycles. The van der Waals surface area contributed by atoms with Crippen molar-refractivity contribution in [3.8, 4) is 11.4 Å². The van der Waals surface area contributed by atoms with Gasteiger partial charge in [0.2, 0.25) is 0 Å². The Labute approximate surface area is 221 Å². The van der Waals surface area contributed by atoms with E-state index < -0.39 is 18.0 Å². The monoisotopic (exact) mass is 534 g/mol. The number of nitrogens with one attached hydrogen (secondary N) is 2. The molecule has 2 N–H and O–H groups in total. The first-order valence-corrected chi connectivity index (χ1v) is 12.7. The first-order chi connectivity index (χ1) is 18.5. The standard InChI is InChI=1S/C26H23FN6O4S/c1-3-37-25(34)21-20(31-26(35)32-22(21)15-4-10-18(36-2)11-5-15)13-38-24-19-12-30-33(23(19)28-14-29-24)17-8-6-16(27)7-9-17/h4-12,14,22H,3,13H2,1-2H3,(H2,31,32,35)/t22-/m0/s1. The van der Waals surface area contributed by atoms with Gasteiger partial charge in [-0.15, -0.1) is 0 Å². The van der Waals surface area contributed by atoms with Crippen LogP contribution in [0, 0.1) is 5.82 Å². The summed E-state index contributed by atoms with van der Waals surface area (Å²) in [6.07, 6.45) is 3.04. The number of aromatic nitrogens is 4. The summed E-state index contributed by atoms with van der Waals surface area (Å²) in [4.78, 5) is 34.4. The number of hydrogen-bond acceptors (Lipinski definition) is 8. The van der Waals surface area contributed by atoms with E-state index in [-0.39, 0.29) is 18.2 Å². The summed E-state index contributed by atoms with van der Waals surface area (Å²) in [7, 11) is 1.56. The van der Waals surface area contributed by atoms with Gasteiger partial charge in [-0.25, -0.2) is 28.6 Å². The largest absolute Gasteiger partial charge is 0.497 e. The molecule has 10 nitrogen and oxygen atoms in total. The van der Waals surface area contributed by atoms with Crippen LogP contribution in [0.4, 0.5) is 9.18 Å². The maximum atomic E-state index is 13.4. The zero-order valence-electron chi connectivity index (χ0n) is 20.5. The Morgan fingerprint density at radius 1 is 1.13 bits per heavy atom. The van der Waals surface area contributed by atoms with Crippen molar-refractivity contribution in [1.82, 2.24) is 30.4 Å². The summed E-state index contributed by atoms with van der Waals surface area (Å²) in [5.74, 6) is -0.00488. The second-order valence-corrected chi connectivity index (χ2v) is 9.12.